The Morgan fingerprint density at radius 1 is 0.875 bits per heavy atom. The van der Waals surface area contributed by atoms with Crippen molar-refractivity contribution < 1.29 is 19.1 Å². The van der Waals surface area contributed by atoms with E-state index in [0.29, 0.717) is 22.0 Å². The maximum absolute atomic E-state index is 13.0. The Labute approximate surface area is 193 Å². The Balaban J connectivity index is 1.56. The van der Waals surface area contributed by atoms with Crippen LogP contribution in [0.5, 0.6) is 5.75 Å². The summed E-state index contributed by atoms with van der Waals surface area (Å²) in [6.45, 7) is 0. The van der Waals surface area contributed by atoms with Gasteiger partial charge in [-0.1, -0.05) is 35.5 Å². The van der Waals surface area contributed by atoms with E-state index in [2.05, 4.69) is 5.32 Å². The van der Waals surface area contributed by atoms with Gasteiger partial charge in [-0.3, -0.25) is 14.9 Å². The summed E-state index contributed by atoms with van der Waals surface area (Å²) in [5.74, 6) is -0.838. The molecule has 0 unspecified atom stereocenters. The van der Waals surface area contributed by atoms with Crippen LogP contribution in [0.4, 0.5) is 10.5 Å². The monoisotopic (exact) mass is 464 g/mol. The number of nitrogens with one attached hydrogen (secondary N) is 1. The Bertz CT molecular complexity index is 1210. The number of rotatable bonds is 5. The Morgan fingerprint density at radius 2 is 1.47 bits per heavy atom. The first kappa shape index (κ1) is 21.7. The maximum atomic E-state index is 13.0. The van der Waals surface area contributed by atoms with Gasteiger partial charge in [0.25, 0.3) is 11.8 Å². The molecule has 0 spiro atoms. The molecule has 1 fully saturated rings. The molecule has 0 aliphatic carbocycles. The number of carbonyl (C=O) groups excluding carboxylic acids is 3. The fourth-order valence-electron chi connectivity index (χ4n) is 3.06. The van der Waals surface area contributed by atoms with Gasteiger partial charge in [0, 0.05) is 14.8 Å². The van der Waals surface area contributed by atoms with E-state index in [0.717, 1.165) is 14.7 Å². The Kier molecular flexibility index (Phi) is 6.30. The van der Waals surface area contributed by atoms with Crippen molar-refractivity contribution in [2.75, 3.05) is 12.0 Å². The van der Waals surface area contributed by atoms with Crippen LogP contribution in [0.15, 0.2) is 88.2 Å². The summed E-state index contributed by atoms with van der Waals surface area (Å²) in [4.78, 5) is 40.6. The SMILES string of the molecule is COc1ccc(N2C(=O)NC(=O)/C(=C\c3ccc(Sc4ccc(Cl)cc4)cc3)C2=O)cc1. The van der Waals surface area contributed by atoms with E-state index in [4.69, 9.17) is 16.3 Å². The Hall–Kier alpha value is -3.55. The second-order valence-electron chi connectivity index (χ2n) is 6.78. The molecule has 4 amide bonds. The first-order valence-electron chi connectivity index (χ1n) is 9.53. The number of carbonyl (C=O) groups is 3. The second kappa shape index (κ2) is 9.30. The lowest BCUT2D eigenvalue weighted by Gasteiger charge is -2.26. The molecule has 0 bridgehead atoms. The van der Waals surface area contributed by atoms with Crippen molar-refractivity contribution in [3.8, 4) is 5.75 Å². The molecule has 1 aliphatic heterocycles. The molecule has 0 saturated carbocycles. The van der Waals surface area contributed by atoms with Crippen molar-refractivity contribution in [3.63, 3.8) is 0 Å². The number of halogens is 1. The molecule has 6 nitrogen and oxygen atoms in total. The molecule has 0 aromatic heterocycles. The number of amides is 4. The summed E-state index contributed by atoms with van der Waals surface area (Å²) in [6, 6.07) is 20.5. The average molecular weight is 465 g/mol. The molecule has 1 heterocycles. The van der Waals surface area contributed by atoms with Gasteiger partial charge >= 0.3 is 6.03 Å². The minimum atomic E-state index is -0.794. The van der Waals surface area contributed by atoms with Crippen LogP contribution >= 0.6 is 23.4 Å². The van der Waals surface area contributed by atoms with Gasteiger partial charge < -0.3 is 4.74 Å². The summed E-state index contributed by atoms with van der Waals surface area (Å²) in [7, 11) is 1.52. The number of hydrogen-bond acceptors (Lipinski definition) is 5. The molecule has 1 N–H and O–H groups in total. The number of hydrogen-bond donors (Lipinski definition) is 1. The van der Waals surface area contributed by atoms with Crippen LogP contribution in [-0.2, 0) is 9.59 Å². The van der Waals surface area contributed by atoms with Crippen molar-refractivity contribution in [2.45, 2.75) is 9.79 Å². The molecule has 0 radical (unpaired) electrons. The van der Waals surface area contributed by atoms with Gasteiger partial charge in [0.1, 0.15) is 11.3 Å². The van der Waals surface area contributed by atoms with Crippen molar-refractivity contribution >= 4 is 53.0 Å². The maximum Gasteiger partial charge on any atom is 0.335 e. The van der Waals surface area contributed by atoms with Gasteiger partial charge in [-0.2, -0.15) is 0 Å². The molecule has 160 valence electrons. The molecule has 3 aromatic carbocycles. The summed E-state index contributed by atoms with van der Waals surface area (Å²) in [5.41, 5.74) is 0.868. The van der Waals surface area contributed by atoms with Crippen molar-refractivity contribution in [3.05, 3.63) is 89.0 Å². The van der Waals surface area contributed by atoms with Gasteiger partial charge in [-0.15, -0.1) is 0 Å². The fraction of sp³-hybridized carbons (Fsp3) is 0.0417. The van der Waals surface area contributed by atoms with E-state index in [9.17, 15) is 14.4 Å². The van der Waals surface area contributed by atoms with Crippen LogP contribution in [0.25, 0.3) is 6.08 Å². The molecular formula is C24H17ClN2O4S. The highest BCUT2D eigenvalue weighted by Crippen LogP contribution is 2.29. The van der Waals surface area contributed by atoms with Gasteiger partial charge in [0.2, 0.25) is 0 Å². The van der Waals surface area contributed by atoms with E-state index in [1.54, 1.807) is 48.2 Å². The molecule has 0 atom stereocenters. The van der Waals surface area contributed by atoms with Crippen LogP contribution in [0.2, 0.25) is 5.02 Å². The third kappa shape index (κ3) is 4.69. The molecular weight excluding hydrogens is 448 g/mol. The Morgan fingerprint density at radius 3 is 2.06 bits per heavy atom. The zero-order chi connectivity index (χ0) is 22.7. The first-order valence-corrected chi connectivity index (χ1v) is 10.7. The lowest BCUT2D eigenvalue weighted by molar-refractivity contribution is -0.122. The minimum Gasteiger partial charge on any atom is -0.497 e. The molecule has 3 aromatic rings. The summed E-state index contributed by atoms with van der Waals surface area (Å²) in [6.07, 6.45) is 1.47. The van der Waals surface area contributed by atoms with Gasteiger partial charge in [-0.25, -0.2) is 9.69 Å². The highest BCUT2D eigenvalue weighted by molar-refractivity contribution is 7.99. The highest BCUT2D eigenvalue weighted by atomic mass is 35.5. The molecule has 4 rings (SSSR count). The van der Waals surface area contributed by atoms with E-state index < -0.39 is 17.8 Å². The average Bonchev–Trinajstić information content (AvgIpc) is 2.79. The van der Waals surface area contributed by atoms with Crippen molar-refractivity contribution in [1.29, 1.82) is 0 Å². The topological polar surface area (TPSA) is 75.7 Å². The third-order valence-electron chi connectivity index (χ3n) is 4.67. The van der Waals surface area contributed by atoms with Gasteiger partial charge in [-0.05, 0) is 72.3 Å². The number of barbiturate groups is 1. The number of methoxy groups -OCH3 is 1. The lowest BCUT2D eigenvalue weighted by Crippen LogP contribution is -2.54. The zero-order valence-electron chi connectivity index (χ0n) is 16.9. The summed E-state index contributed by atoms with van der Waals surface area (Å²) < 4.78 is 5.10. The quantitative estimate of drug-likeness (QED) is 0.416. The minimum absolute atomic E-state index is 0.126. The lowest BCUT2D eigenvalue weighted by atomic mass is 10.1. The zero-order valence-corrected chi connectivity index (χ0v) is 18.4. The smallest absolute Gasteiger partial charge is 0.335 e. The molecule has 1 saturated heterocycles. The summed E-state index contributed by atoms with van der Waals surface area (Å²) >= 11 is 7.48. The summed E-state index contributed by atoms with van der Waals surface area (Å²) in [5, 5.41) is 2.89. The van der Waals surface area contributed by atoms with Crippen LogP contribution < -0.4 is 15.0 Å². The normalized spacial score (nSPS) is 15.1. The van der Waals surface area contributed by atoms with Crippen molar-refractivity contribution in [1.82, 2.24) is 5.32 Å². The fourth-order valence-corrected chi connectivity index (χ4v) is 4.00. The van der Waals surface area contributed by atoms with Gasteiger partial charge in [0.15, 0.2) is 0 Å². The van der Waals surface area contributed by atoms with E-state index >= 15 is 0 Å². The van der Waals surface area contributed by atoms with Crippen LogP contribution in [0.1, 0.15) is 5.56 Å². The van der Waals surface area contributed by atoms with Crippen LogP contribution in [-0.4, -0.2) is 25.0 Å². The third-order valence-corrected chi connectivity index (χ3v) is 5.94. The first-order chi connectivity index (χ1) is 15.4. The van der Waals surface area contributed by atoms with Gasteiger partial charge in [0.05, 0.1) is 12.8 Å². The number of imide groups is 2. The number of benzene rings is 3. The van der Waals surface area contributed by atoms with Crippen molar-refractivity contribution in [2.24, 2.45) is 0 Å². The second-order valence-corrected chi connectivity index (χ2v) is 8.36. The molecule has 8 heteroatoms. The largest absolute Gasteiger partial charge is 0.497 e. The standard InChI is InChI=1S/C24H17ClN2O4S/c1-31-18-8-6-17(7-9-18)27-23(29)21(22(28)26-24(27)30)14-15-2-10-19(11-3-15)32-20-12-4-16(25)5-13-20/h2-14H,1H3,(H,26,28,30)/b21-14+. The van der Waals surface area contributed by atoms with E-state index in [-0.39, 0.29) is 5.57 Å². The number of urea groups is 1. The predicted octanol–water partition coefficient (Wildman–Crippen LogP) is 5.17. The number of anilines is 1. The highest BCUT2D eigenvalue weighted by Gasteiger charge is 2.36. The van der Waals surface area contributed by atoms with Crippen LogP contribution in [0.3, 0.4) is 0 Å². The van der Waals surface area contributed by atoms with E-state index in [1.165, 1.54) is 13.2 Å². The molecule has 32 heavy (non-hydrogen) atoms. The number of ether oxygens (including phenoxy) is 1. The molecule has 1 aliphatic rings. The number of nitrogens with zero attached hydrogens (tertiary/aromatic N) is 1. The van der Waals surface area contributed by atoms with Crippen LogP contribution in [0, 0.1) is 0 Å². The predicted molar refractivity (Wildman–Crippen MR) is 124 cm³/mol. The van der Waals surface area contributed by atoms with E-state index in [1.807, 2.05) is 36.4 Å².